The van der Waals surface area contributed by atoms with Gasteiger partial charge < -0.3 is 29.6 Å². The molecule has 2 N–H and O–H groups in total. The Kier molecular flexibility index (Phi) is 11.5. The van der Waals surface area contributed by atoms with E-state index in [-0.39, 0.29) is 24.2 Å². The van der Waals surface area contributed by atoms with Crippen molar-refractivity contribution in [3.8, 4) is 0 Å². The Bertz CT molecular complexity index is 919. The summed E-state index contributed by atoms with van der Waals surface area (Å²) in [5.41, 5.74) is 0.157. The second-order valence-corrected chi connectivity index (χ2v) is 11.2. The Hall–Kier alpha value is -2.95. The fourth-order valence-corrected chi connectivity index (χ4v) is 4.85. The van der Waals surface area contributed by atoms with E-state index in [2.05, 4.69) is 10.6 Å². The minimum absolute atomic E-state index is 0.00443. The van der Waals surface area contributed by atoms with Crippen LogP contribution in [0.3, 0.4) is 0 Å². The van der Waals surface area contributed by atoms with Crippen molar-refractivity contribution >= 4 is 35.9 Å². The molecule has 206 valence electrons. The number of hydrogen-bond acceptors (Lipinski definition) is 9. The molecule has 1 heterocycles. The fraction of sp³-hybridized carbons (Fsp3) is 0.615. The van der Waals surface area contributed by atoms with Crippen molar-refractivity contribution in [2.75, 3.05) is 18.6 Å². The van der Waals surface area contributed by atoms with Crippen LogP contribution in [0.15, 0.2) is 30.3 Å². The third-order valence-corrected chi connectivity index (χ3v) is 6.72. The van der Waals surface area contributed by atoms with Crippen LogP contribution in [0.5, 0.6) is 0 Å². The number of ether oxygens (including phenoxy) is 4. The summed E-state index contributed by atoms with van der Waals surface area (Å²) >= 11 is 1.32. The molecule has 4 atom stereocenters. The van der Waals surface area contributed by atoms with E-state index in [1.807, 2.05) is 44.2 Å². The van der Waals surface area contributed by atoms with Crippen LogP contribution in [-0.2, 0) is 35.1 Å². The molecule has 0 aromatic heterocycles. The van der Waals surface area contributed by atoms with Crippen molar-refractivity contribution in [3.63, 3.8) is 0 Å². The van der Waals surface area contributed by atoms with Crippen LogP contribution < -0.4 is 10.6 Å². The third-order valence-electron chi connectivity index (χ3n) is 5.51. The van der Waals surface area contributed by atoms with Crippen LogP contribution >= 0.6 is 11.8 Å². The van der Waals surface area contributed by atoms with Gasteiger partial charge in [-0.2, -0.15) is 11.8 Å². The predicted octanol–water partition coefficient (Wildman–Crippen LogP) is 3.67. The number of carbonyl (C=O) groups is 4. The lowest BCUT2D eigenvalue weighted by molar-refractivity contribution is -0.145. The zero-order valence-electron chi connectivity index (χ0n) is 22.3. The van der Waals surface area contributed by atoms with Crippen LogP contribution in [0.25, 0.3) is 0 Å². The van der Waals surface area contributed by atoms with E-state index >= 15 is 0 Å². The highest BCUT2D eigenvalue weighted by atomic mass is 32.2. The third kappa shape index (κ3) is 10.5. The number of alkyl carbamates (subject to hydrolysis) is 2. The molecule has 1 aliphatic rings. The lowest BCUT2D eigenvalue weighted by atomic mass is 9.94. The molecule has 0 aliphatic carbocycles. The fourth-order valence-electron chi connectivity index (χ4n) is 3.70. The highest BCUT2D eigenvalue weighted by Gasteiger charge is 2.41. The zero-order valence-corrected chi connectivity index (χ0v) is 23.1. The van der Waals surface area contributed by atoms with Gasteiger partial charge in [0.2, 0.25) is 0 Å². The van der Waals surface area contributed by atoms with E-state index < -0.39 is 47.9 Å². The van der Waals surface area contributed by atoms with Crippen molar-refractivity contribution in [1.82, 2.24) is 10.6 Å². The molecule has 0 radical (unpaired) electrons. The molecule has 2 amide bonds. The normalized spacial score (nSPS) is 18.9. The van der Waals surface area contributed by atoms with E-state index in [1.54, 1.807) is 20.8 Å². The van der Waals surface area contributed by atoms with Crippen LogP contribution in [0, 0.1) is 11.8 Å². The van der Waals surface area contributed by atoms with E-state index in [0.717, 1.165) is 5.56 Å². The zero-order chi connectivity index (χ0) is 27.6. The van der Waals surface area contributed by atoms with Gasteiger partial charge in [-0.05, 0) is 32.3 Å². The molecular weight excluding hydrogens is 500 g/mol. The summed E-state index contributed by atoms with van der Waals surface area (Å²) in [6.45, 7) is 9.17. The number of cyclic esters (lactones) is 1. The number of carbonyl (C=O) groups excluding carboxylic acids is 4. The van der Waals surface area contributed by atoms with E-state index in [0.29, 0.717) is 12.2 Å². The molecule has 0 saturated carbocycles. The van der Waals surface area contributed by atoms with Crippen LogP contribution in [0.1, 0.15) is 46.6 Å². The Morgan fingerprint density at radius 1 is 1.11 bits per heavy atom. The first-order valence-electron chi connectivity index (χ1n) is 12.2. The summed E-state index contributed by atoms with van der Waals surface area (Å²) in [6.07, 6.45) is -1.39. The van der Waals surface area contributed by atoms with Gasteiger partial charge in [0.15, 0.2) is 0 Å². The number of amides is 2. The molecule has 2 rings (SSSR count). The first-order chi connectivity index (χ1) is 17.4. The van der Waals surface area contributed by atoms with E-state index in [1.165, 1.54) is 18.9 Å². The van der Waals surface area contributed by atoms with Gasteiger partial charge in [-0.25, -0.2) is 14.4 Å². The summed E-state index contributed by atoms with van der Waals surface area (Å²) in [5, 5.41) is 5.35. The van der Waals surface area contributed by atoms with Crippen LogP contribution in [0.4, 0.5) is 9.59 Å². The second kappa shape index (κ2) is 14.1. The standard InChI is InChI=1S/C26H38N2O8S/c1-16(2)21(28-24(31)34-13-17-10-8-7-9-11-17)20-12-18(22(29)35-20)14-37-15-19(23(30)33-6)27-25(32)36-26(3,4)5/h7-11,16,18-21H,12-15H2,1-6H3,(H,27,32)(H,28,31)/t18-,19+,20+,21+/m1/s1. The Labute approximate surface area is 222 Å². The van der Waals surface area contributed by atoms with Crippen molar-refractivity contribution < 1.29 is 38.1 Å². The van der Waals surface area contributed by atoms with E-state index in [4.69, 9.17) is 18.9 Å². The van der Waals surface area contributed by atoms with Gasteiger partial charge >= 0.3 is 24.1 Å². The summed E-state index contributed by atoms with van der Waals surface area (Å²) in [5.74, 6) is -0.825. The molecule has 1 fully saturated rings. The van der Waals surface area contributed by atoms with Gasteiger partial charge in [0, 0.05) is 17.9 Å². The number of esters is 2. The molecule has 1 saturated heterocycles. The maximum atomic E-state index is 12.5. The van der Waals surface area contributed by atoms with Gasteiger partial charge in [0.25, 0.3) is 0 Å². The SMILES string of the molecule is COC(=O)[C@H](CSC[C@H]1C[C@@H]([C@@H](NC(=O)OCc2ccccc2)C(C)C)OC1=O)NC(=O)OC(C)(C)C. The molecule has 0 bridgehead atoms. The Morgan fingerprint density at radius 3 is 2.38 bits per heavy atom. The predicted molar refractivity (Wildman–Crippen MR) is 139 cm³/mol. The lowest BCUT2D eigenvalue weighted by Gasteiger charge is -2.26. The topological polar surface area (TPSA) is 129 Å². The molecule has 0 unspecified atom stereocenters. The average molecular weight is 539 g/mol. The summed E-state index contributed by atoms with van der Waals surface area (Å²) in [6, 6.07) is 8.00. The van der Waals surface area contributed by atoms with Crippen molar-refractivity contribution in [2.45, 2.75) is 71.4 Å². The minimum atomic E-state index is -0.928. The van der Waals surface area contributed by atoms with Crippen LogP contribution in [-0.4, -0.2) is 66.5 Å². The highest BCUT2D eigenvalue weighted by molar-refractivity contribution is 7.99. The molecule has 1 aromatic rings. The number of nitrogens with one attached hydrogen (secondary N) is 2. The van der Waals surface area contributed by atoms with Gasteiger partial charge in [-0.3, -0.25) is 4.79 Å². The monoisotopic (exact) mass is 538 g/mol. The number of thioether (sulfide) groups is 1. The first-order valence-corrected chi connectivity index (χ1v) is 13.4. The first kappa shape index (κ1) is 30.3. The van der Waals surface area contributed by atoms with E-state index in [9.17, 15) is 19.2 Å². The molecular formula is C26H38N2O8S. The lowest BCUT2D eigenvalue weighted by Crippen LogP contribution is -2.47. The number of rotatable bonds is 11. The number of hydrogen-bond donors (Lipinski definition) is 2. The Morgan fingerprint density at radius 2 is 1.78 bits per heavy atom. The summed E-state index contributed by atoms with van der Waals surface area (Å²) < 4.78 is 20.9. The maximum absolute atomic E-state index is 12.5. The maximum Gasteiger partial charge on any atom is 0.408 e. The minimum Gasteiger partial charge on any atom is -0.467 e. The van der Waals surface area contributed by atoms with Crippen molar-refractivity contribution in [1.29, 1.82) is 0 Å². The van der Waals surface area contributed by atoms with Gasteiger partial charge in [-0.1, -0.05) is 44.2 Å². The molecule has 10 nitrogen and oxygen atoms in total. The molecule has 1 aliphatic heterocycles. The second-order valence-electron chi connectivity index (χ2n) is 10.1. The average Bonchev–Trinajstić information content (AvgIpc) is 3.19. The van der Waals surface area contributed by atoms with Crippen molar-refractivity contribution in [3.05, 3.63) is 35.9 Å². The Balaban J connectivity index is 1.87. The van der Waals surface area contributed by atoms with Crippen LogP contribution in [0.2, 0.25) is 0 Å². The smallest absolute Gasteiger partial charge is 0.408 e. The highest BCUT2D eigenvalue weighted by Crippen LogP contribution is 2.29. The van der Waals surface area contributed by atoms with Gasteiger partial charge in [0.1, 0.15) is 24.4 Å². The molecule has 0 spiro atoms. The largest absolute Gasteiger partial charge is 0.467 e. The molecule has 37 heavy (non-hydrogen) atoms. The van der Waals surface area contributed by atoms with Gasteiger partial charge in [0.05, 0.1) is 19.1 Å². The molecule has 11 heteroatoms. The molecule has 1 aromatic carbocycles. The van der Waals surface area contributed by atoms with Crippen molar-refractivity contribution in [2.24, 2.45) is 11.8 Å². The quantitative estimate of drug-likeness (QED) is 0.320. The summed E-state index contributed by atoms with van der Waals surface area (Å²) in [4.78, 5) is 49.2. The van der Waals surface area contributed by atoms with Gasteiger partial charge in [-0.15, -0.1) is 0 Å². The number of methoxy groups -OCH3 is 1. The number of benzene rings is 1. The summed E-state index contributed by atoms with van der Waals surface area (Å²) in [7, 11) is 1.24.